The van der Waals surface area contributed by atoms with Crippen LogP contribution in [0.15, 0.2) is 48.7 Å². The fourth-order valence-corrected chi connectivity index (χ4v) is 3.88. The summed E-state index contributed by atoms with van der Waals surface area (Å²) >= 11 is 0. The zero-order valence-electron chi connectivity index (χ0n) is 16.9. The minimum atomic E-state index is -0.406. The minimum Gasteiger partial charge on any atom is -0.363 e. The molecule has 0 aliphatic carbocycles. The number of H-pyrrole nitrogens is 1. The molecule has 30 heavy (non-hydrogen) atoms. The lowest BCUT2D eigenvalue weighted by Crippen LogP contribution is -2.44. The van der Waals surface area contributed by atoms with Crippen LogP contribution in [0.5, 0.6) is 0 Å². The smallest absolute Gasteiger partial charge is 0.293 e. The third kappa shape index (κ3) is 4.13. The van der Waals surface area contributed by atoms with Crippen molar-refractivity contribution in [3.63, 3.8) is 0 Å². The molecule has 0 unspecified atom stereocenters. The average molecular weight is 407 g/mol. The number of hydrogen-bond donors (Lipinski definition) is 2. The predicted octanol–water partition coefficient (Wildman–Crippen LogP) is 2.80. The molecule has 1 saturated heterocycles. The fourth-order valence-electron chi connectivity index (χ4n) is 3.88. The van der Waals surface area contributed by atoms with Crippen molar-refractivity contribution in [2.75, 3.05) is 44.7 Å². The summed E-state index contributed by atoms with van der Waals surface area (Å²) < 4.78 is 0. The molecule has 4 rings (SSSR count). The fraction of sp³-hybridized carbons (Fsp3) is 0.318. The van der Waals surface area contributed by atoms with Gasteiger partial charge in [-0.1, -0.05) is 18.2 Å². The zero-order chi connectivity index (χ0) is 21.1. The number of likely N-dealkylation sites (N-methyl/N-ethyl adjacent to an activating group) is 1. The first-order valence-electron chi connectivity index (χ1n) is 10.1. The molecule has 0 spiro atoms. The van der Waals surface area contributed by atoms with Crippen molar-refractivity contribution in [3.05, 3.63) is 69.9 Å². The molecule has 0 atom stereocenters. The van der Waals surface area contributed by atoms with Gasteiger partial charge in [0.05, 0.1) is 4.92 Å². The van der Waals surface area contributed by atoms with Gasteiger partial charge < -0.3 is 20.1 Å². The number of carbonyl (C=O) groups is 1. The number of nitro benzene ring substituents is 1. The number of nitro groups is 1. The summed E-state index contributed by atoms with van der Waals surface area (Å²) in [6.45, 7) is 3.62. The Kier molecular flexibility index (Phi) is 5.67. The highest BCUT2D eigenvalue weighted by Crippen LogP contribution is 2.30. The molecule has 2 heterocycles. The number of aromatic nitrogens is 1. The van der Waals surface area contributed by atoms with Crippen LogP contribution in [0.25, 0.3) is 10.9 Å². The highest BCUT2D eigenvalue weighted by Gasteiger charge is 2.24. The molecule has 1 aromatic heterocycles. The molecule has 1 aliphatic rings. The van der Waals surface area contributed by atoms with Gasteiger partial charge in [-0.15, -0.1) is 0 Å². The highest BCUT2D eigenvalue weighted by atomic mass is 16.6. The molecule has 0 bridgehead atoms. The molecule has 0 saturated carbocycles. The van der Waals surface area contributed by atoms with Crippen LogP contribution in [0, 0.1) is 10.1 Å². The van der Waals surface area contributed by atoms with Crippen molar-refractivity contribution in [1.29, 1.82) is 0 Å². The average Bonchev–Trinajstić information content (AvgIpc) is 3.17. The Morgan fingerprint density at radius 1 is 1.17 bits per heavy atom. The number of rotatable bonds is 6. The molecular weight excluding hydrogens is 382 g/mol. The van der Waals surface area contributed by atoms with Gasteiger partial charge in [0.1, 0.15) is 5.69 Å². The molecule has 3 aromatic rings. The third-order valence-corrected chi connectivity index (χ3v) is 5.63. The van der Waals surface area contributed by atoms with E-state index in [9.17, 15) is 14.9 Å². The van der Waals surface area contributed by atoms with Crippen LogP contribution in [0.3, 0.4) is 0 Å². The minimum absolute atomic E-state index is 0.0242. The van der Waals surface area contributed by atoms with Gasteiger partial charge in [0.25, 0.3) is 11.6 Å². The van der Waals surface area contributed by atoms with E-state index in [0.717, 1.165) is 42.6 Å². The zero-order valence-corrected chi connectivity index (χ0v) is 16.9. The van der Waals surface area contributed by atoms with Crippen molar-refractivity contribution in [3.8, 4) is 0 Å². The van der Waals surface area contributed by atoms with Gasteiger partial charge in [-0.2, -0.15) is 0 Å². The summed E-state index contributed by atoms with van der Waals surface area (Å²) in [5.74, 6) is -0.303. The SMILES string of the molecule is CN1CCN(c2ccc(C(=O)NCCc3c[nH]c4ccccc34)cc2[N+](=O)[O-])CC1. The van der Waals surface area contributed by atoms with Gasteiger partial charge in [0.2, 0.25) is 0 Å². The number of anilines is 1. The summed E-state index contributed by atoms with van der Waals surface area (Å²) in [5, 5.41) is 15.6. The van der Waals surface area contributed by atoms with E-state index in [2.05, 4.69) is 15.2 Å². The second-order valence-electron chi connectivity index (χ2n) is 7.62. The molecule has 1 fully saturated rings. The van der Waals surface area contributed by atoms with E-state index in [1.54, 1.807) is 12.1 Å². The first-order chi connectivity index (χ1) is 14.5. The lowest BCUT2D eigenvalue weighted by Gasteiger charge is -2.33. The lowest BCUT2D eigenvalue weighted by atomic mass is 10.1. The van der Waals surface area contributed by atoms with Gasteiger partial charge in [0, 0.05) is 61.5 Å². The van der Waals surface area contributed by atoms with E-state index in [-0.39, 0.29) is 11.6 Å². The van der Waals surface area contributed by atoms with E-state index in [0.29, 0.717) is 24.2 Å². The van der Waals surface area contributed by atoms with Crippen LogP contribution in [-0.4, -0.2) is 60.5 Å². The maximum atomic E-state index is 12.6. The van der Waals surface area contributed by atoms with E-state index in [1.165, 1.54) is 6.07 Å². The Morgan fingerprint density at radius 2 is 1.93 bits per heavy atom. The summed E-state index contributed by atoms with van der Waals surface area (Å²) in [4.78, 5) is 31.2. The number of para-hydroxylation sites is 1. The summed E-state index contributed by atoms with van der Waals surface area (Å²) in [7, 11) is 2.04. The number of nitrogens with one attached hydrogen (secondary N) is 2. The monoisotopic (exact) mass is 407 g/mol. The summed E-state index contributed by atoms with van der Waals surface area (Å²) in [5.41, 5.74) is 3.04. The first-order valence-corrected chi connectivity index (χ1v) is 10.1. The number of carbonyl (C=O) groups excluding carboxylic acids is 1. The molecule has 8 heteroatoms. The molecule has 1 aliphatic heterocycles. The van der Waals surface area contributed by atoms with Gasteiger partial charge in [0.15, 0.2) is 0 Å². The standard InChI is InChI=1S/C22H25N5O3/c1-25-10-12-26(13-11-25)20-7-6-16(14-21(20)27(29)30)22(28)23-9-8-17-15-24-19-5-3-2-4-18(17)19/h2-7,14-15,24H,8-13H2,1H3,(H,23,28). The topological polar surface area (TPSA) is 94.5 Å². The van der Waals surface area contributed by atoms with Crippen molar-refractivity contribution >= 4 is 28.2 Å². The number of amides is 1. The van der Waals surface area contributed by atoms with E-state index >= 15 is 0 Å². The van der Waals surface area contributed by atoms with E-state index in [4.69, 9.17) is 0 Å². The molecule has 2 aromatic carbocycles. The number of benzene rings is 2. The van der Waals surface area contributed by atoms with Crippen LogP contribution < -0.4 is 10.2 Å². The van der Waals surface area contributed by atoms with Crippen LogP contribution >= 0.6 is 0 Å². The van der Waals surface area contributed by atoms with Crippen molar-refractivity contribution in [2.45, 2.75) is 6.42 Å². The van der Waals surface area contributed by atoms with Crippen LogP contribution in [0.2, 0.25) is 0 Å². The van der Waals surface area contributed by atoms with Crippen LogP contribution in [0.4, 0.5) is 11.4 Å². The Balaban J connectivity index is 1.43. The predicted molar refractivity (Wildman–Crippen MR) is 117 cm³/mol. The molecule has 156 valence electrons. The lowest BCUT2D eigenvalue weighted by molar-refractivity contribution is -0.384. The van der Waals surface area contributed by atoms with Crippen LogP contribution in [0.1, 0.15) is 15.9 Å². The highest BCUT2D eigenvalue weighted by molar-refractivity contribution is 5.95. The van der Waals surface area contributed by atoms with Gasteiger partial charge >= 0.3 is 0 Å². The van der Waals surface area contributed by atoms with Crippen molar-refractivity contribution in [2.24, 2.45) is 0 Å². The Morgan fingerprint density at radius 3 is 2.70 bits per heavy atom. The number of fused-ring (bicyclic) bond motifs is 1. The third-order valence-electron chi connectivity index (χ3n) is 5.63. The van der Waals surface area contributed by atoms with Gasteiger partial charge in [-0.3, -0.25) is 14.9 Å². The number of hydrogen-bond acceptors (Lipinski definition) is 5. The normalized spacial score (nSPS) is 14.8. The number of nitrogens with zero attached hydrogens (tertiary/aromatic N) is 3. The maximum absolute atomic E-state index is 12.6. The summed E-state index contributed by atoms with van der Waals surface area (Å²) in [6, 6.07) is 12.8. The van der Waals surface area contributed by atoms with Gasteiger partial charge in [-0.25, -0.2) is 0 Å². The number of aromatic amines is 1. The Labute approximate surface area is 174 Å². The maximum Gasteiger partial charge on any atom is 0.293 e. The largest absolute Gasteiger partial charge is 0.363 e. The molecule has 8 nitrogen and oxygen atoms in total. The van der Waals surface area contributed by atoms with E-state index < -0.39 is 4.92 Å². The second kappa shape index (κ2) is 8.54. The van der Waals surface area contributed by atoms with Crippen LogP contribution in [-0.2, 0) is 6.42 Å². The molecule has 2 N–H and O–H groups in total. The molecular formula is C22H25N5O3. The van der Waals surface area contributed by atoms with Crippen molar-refractivity contribution < 1.29 is 9.72 Å². The number of piperazine rings is 1. The molecule has 1 amide bonds. The summed E-state index contributed by atoms with van der Waals surface area (Å²) in [6.07, 6.45) is 2.63. The van der Waals surface area contributed by atoms with Crippen molar-refractivity contribution in [1.82, 2.24) is 15.2 Å². The van der Waals surface area contributed by atoms with E-state index in [1.807, 2.05) is 42.4 Å². The Bertz CT molecular complexity index is 1070. The van der Waals surface area contributed by atoms with Gasteiger partial charge in [-0.05, 0) is 37.2 Å². The molecule has 0 radical (unpaired) electrons. The first kappa shape index (κ1) is 19.9. The second-order valence-corrected chi connectivity index (χ2v) is 7.62. The quantitative estimate of drug-likeness (QED) is 0.484. The Hall–Kier alpha value is -3.39.